The van der Waals surface area contributed by atoms with Crippen LogP contribution in [-0.2, 0) is 20.9 Å². The quantitative estimate of drug-likeness (QED) is 0.816. The van der Waals surface area contributed by atoms with E-state index in [4.69, 9.17) is 4.74 Å². The molecule has 0 fully saturated rings. The van der Waals surface area contributed by atoms with Gasteiger partial charge in [-0.25, -0.2) is 0 Å². The van der Waals surface area contributed by atoms with Gasteiger partial charge < -0.3 is 15.4 Å². The van der Waals surface area contributed by atoms with Crippen molar-refractivity contribution in [2.45, 2.75) is 19.9 Å². The van der Waals surface area contributed by atoms with Crippen LogP contribution in [0.4, 0.5) is 11.4 Å². The number of hydrogen-bond donors (Lipinski definition) is 2. The highest BCUT2D eigenvalue weighted by molar-refractivity contribution is 5.93. The number of nitrogens with one attached hydrogen (secondary N) is 2. The first-order valence-electron chi connectivity index (χ1n) is 7.25. The van der Waals surface area contributed by atoms with E-state index in [0.29, 0.717) is 24.3 Å². The number of amides is 2. The Balaban J connectivity index is 1.82. The van der Waals surface area contributed by atoms with E-state index in [0.717, 1.165) is 5.69 Å². The van der Waals surface area contributed by atoms with Crippen LogP contribution in [0, 0.1) is 6.92 Å². The standard InChI is InChI=1S/C16H20N4O3/c1-12-7-9-17-20(12)10-8-15(21)18-13-3-5-14(6-4-13)19-16(22)11-23-2/h3-7,9H,8,10-11H2,1-2H3,(H,18,21)(H,19,22). The lowest BCUT2D eigenvalue weighted by molar-refractivity contribution is -0.119. The lowest BCUT2D eigenvalue weighted by atomic mass is 10.2. The first kappa shape index (κ1) is 16.7. The fraction of sp³-hybridized carbons (Fsp3) is 0.312. The van der Waals surface area contributed by atoms with Crippen molar-refractivity contribution in [3.63, 3.8) is 0 Å². The molecule has 0 aliphatic carbocycles. The number of rotatable bonds is 7. The highest BCUT2D eigenvalue weighted by Gasteiger charge is 2.05. The molecular formula is C16H20N4O3. The smallest absolute Gasteiger partial charge is 0.250 e. The Morgan fingerprint density at radius 3 is 2.22 bits per heavy atom. The lowest BCUT2D eigenvalue weighted by Crippen LogP contribution is -2.17. The van der Waals surface area contributed by atoms with Gasteiger partial charge in [0.25, 0.3) is 0 Å². The molecule has 1 aromatic heterocycles. The van der Waals surface area contributed by atoms with Crippen LogP contribution < -0.4 is 10.6 Å². The molecule has 0 atom stereocenters. The van der Waals surface area contributed by atoms with Crippen LogP contribution in [0.15, 0.2) is 36.5 Å². The highest BCUT2D eigenvalue weighted by atomic mass is 16.5. The Morgan fingerprint density at radius 2 is 1.70 bits per heavy atom. The van der Waals surface area contributed by atoms with Gasteiger partial charge in [-0.05, 0) is 37.3 Å². The number of aryl methyl sites for hydroxylation is 2. The van der Waals surface area contributed by atoms with Crippen LogP contribution in [-0.4, -0.2) is 35.3 Å². The first-order chi connectivity index (χ1) is 11.1. The van der Waals surface area contributed by atoms with Crippen molar-refractivity contribution in [1.29, 1.82) is 0 Å². The van der Waals surface area contributed by atoms with E-state index in [1.165, 1.54) is 7.11 Å². The van der Waals surface area contributed by atoms with Crippen molar-refractivity contribution in [3.05, 3.63) is 42.2 Å². The number of aromatic nitrogens is 2. The van der Waals surface area contributed by atoms with Crippen LogP contribution in [0.3, 0.4) is 0 Å². The fourth-order valence-electron chi connectivity index (χ4n) is 2.03. The Hall–Kier alpha value is -2.67. The summed E-state index contributed by atoms with van der Waals surface area (Å²) in [7, 11) is 1.46. The van der Waals surface area contributed by atoms with E-state index in [9.17, 15) is 9.59 Å². The maximum absolute atomic E-state index is 11.9. The summed E-state index contributed by atoms with van der Waals surface area (Å²) in [6, 6.07) is 8.81. The molecule has 7 heteroatoms. The Labute approximate surface area is 134 Å². The minimum absolute atomic E-state index is 0.00529. The molecular weight excluding hydrogens is 296 g/mol. The third-order valence-corrected chi connectivity index (χ3v) is 3.21. The number of nitrogens with zero attached hydrogens (tertiary/aromatic N) is 2. The van der Waals surface area contributed by atoms with E-state index in [2.05, 4.69) is 15.7 Å². The predicted octanol–water partition coefficient (Wildman–Crippen LogP) is 1.81. The van der Waals surface area contributed by atoms with Gasteiger partial charge in [-0.15, -0.1) is 0 Å². The molecule has 1 aromatic carbocycles. The minimum Gasteiger partial charge on any atom is -0.375 e. The van der Waals surface area contributed by atoms with Crippen molar-refractivity contribution in [2.24, 2.45) is 0 Å². The minimum atomic E-state index is -0.223. The molecule has 0 aliphatic heterocycles. The summed E-state index contributed by atoms with van der Waals surface area (Å²) < 4.78 is 6.53. The van der Waals surface area contributed by atoms with E-state index in [1.807, 2.05) is 13.0 Å². The fourth-order valence-corrected chi connectivity index (χ4v) is 2.03. The summed E-state index contributed by atoms with van der Waals surface area (Å²) in [6.07, 6.45) is 2.05. The lowest BCUT2D eigenvalue weighted by Gasteiger charge is -2.08. The Morgan fingerprint density at radius 1 is 1.09 bits per heavy atom. The van der Waals surface area contributed by atoms with Gasteiger partial charge in [0.2, 0.25) is 11.8 Å². The summed E-state index contributed by atoms with van der Waals surface area (Å²) in [5.41, 5.74) is 2.35. The molecule has 2 aromatic rings. The number of ether oxygens (including phenoxy) is 1. The van der Waals surface area contributed by atoms with Crippen LogP contribution >= 0.6 is 0 Å². The maximum Gasteiger partial charge on any atom is 0.250 e. The number of anilines is 2. The van der Waals surface area contributed by atoms with Gasteiger partial charge in [0, 0.05) is 43.3 Å². The molecule has 2 N–H and O–H groups in total. The van der Waals surface area contributed by atoms with Gasteiger partial charge in [-0.3, -0.25) is 14.3 Å². The maximum atomic E-state index is 11.9. The normalized spacial score (nSPS) is 10.3. The third kappa shape index (κ3) is 5.23. The van der Waals surface area contributed by atoms with E-state index in [-0.39, 0.29) is 18.4 Å². The zero-order valence-electron chi connectivity index (χ0n) is 13.2. The average molecular weight is 316 g/mol. The van der Waals surface area contributed by atoms with Gasteiger partial charge in [0.05, 0.1) is 0 Å². The molecule has 0 spiro atoms. The van der Waals surface area contributed by atoms with Gasteiger partial charge in [-0.1, -0.05) is 0 Å². The number of hydrogen-bond acceptors (Lipinski definition) is 4. The van der Waals surface area contributed by atoms with Gasteiger partial charge in [-0.2, -0.15) is 5.10 Å². The molecule has 122 valence electrons. The summed E-state index contributed by atoms with van der Waals surface area (Å²) in [5.74, 6) is -0.310. The highest BCUT2D eigenvalue weighted by Crippen LogP contribution is 2.14. The predicted molar refractivity (Wildman–Crippen MR) is 87.2 cm³/mol. The van der Waals surface area contributed by atoms with Gasteiger partial charge >= 0.3 is 0 Å². The van der Waals surface area contributed by atoms with Gasteiger partial charge in [0.15, 0.2) is 0 Å². The molecule has 7 nitrogen and oxygen atoms in total. The molecule has 2 amide bonds. The summed E-state index contributed by atoms with van der Waals surface area (Å²) in [6.45, 7) is 2.49. The first-order valence-corrected chi connectivity index (χ1v) is 7.25. The van der Waals surface area contributed by atoms with Crippen molar-refractivity contribution in [2.75, 3.05) is 24.4 Å². The number of carbonyl (C=O) groups excluding carboxylic acids is 2. The second-order valence-corrected chi connectivity index (χ2v) is 5.05. The molecule has 2 rings (SSSR count). The molecule has 0 unspecified atom stereocenters. The van der Waals surface area contributed by atoms with Crippen molar-refractivity contribution in [1.82, 2.24) is 9.78 Å². The monoisotopic (exact) mass is 316 g/mol. The molecule has 23 heavy (non-hydrogen) atoms. The van der Waals surface area contributed by atoms with E-state index >= 15 is 0 Å². The second kappa shape index (κ2) is 8.09. The van der Waals surface area contributed by atoms with E-state index < -0.39 is 0 Å². The average Bonchev–Trinajstić information content (AvgIpc) is 2.93. The van der Waals surface area contributed by atoms with Gasteiger partial charge in [0.1, 0.15) is 6.61 Å². The second-order valence-electron chi connectivity index (χ2n) is 5.05. The summed E-state index contributed by atoms with van der Waals surface area (Å²) >= 11 is 0. The Bertz CT molecular complexity index is 664. The van der Waals surface area contributed by atoms with Crippen LogP contribution in [0.5, 0.6) is 0 Å². The molecule has 0 saturated carbocycles. The van der Waals surface area contributed by atoms with E-state index in [1.54, 1.807) is 35.1 Å². The summed E-state index contributed by atoms with van der Waals surface area (Å²) in [4.78, 5) is 23.3. The SMILES string of the molecule is COCC(=O)Nc1ccc(NC(=O)CCn2nccc2C)cc1. The Kier molecular flexibility index (Phi) is 5.87. The van der Waals surface area contributed by atoms with Crippen LogP contribution in [0.1, 0.15) is 12.1 Å². The van der Waals surface area contributed by atoms with Crippen molar-refractivity contribution in [3.8, 4) is 0 Å². The summed E-state index contributed by atoms with van der Waals surface area (Å²) in [5, 5.41) is 9.63. The largest absolute Gasteiger partial charge is 0.375 e. The van der Waals surface area contributed by atoms with Crippen molar-refractivity contribution >= 4 is 23.2 Å². The van der Waals surface area contributed by atoms with Crippen LogP contribution in [0.25, 0.3) is 0 Å². The topological polar surface area (TPSA) is 85.3 Å². The zero-order chi connectivity index (χ0) is 16.7. The molecule has 1 heterocycles. The number of carbonyl (C=O) groups is 2. The molecule has 0 bridgehead atoms. The molecule has 0 aliphatic rings. The van der Waals surface area contributed by atoms with Crippen LogP contribution in [0.2, 0.25) is 0 Å². The molecule has 0 radical (unpaired) electrons. The molecule has 0 saturated heterocycles. The van der Waals surface area contributed by atoms with Crippen molar-refractivity contribution < 1.29 is 14.3 Å². The zero-order valence-corrected chi connectivity index (χ0v) is 13.2. The third-order valence-electron chi connectivity index (χ3n) is 3.21. The number of methoxy groups -OCH3 is 1. The number of benzene rings is 1.